The first-order chi connectivity index (χ1) is 6.77. The second-order valence-corrected chi connectivity index (χ2v) is 3.97. The van der Waals surface area contributed by atoms with E-state index in [4.69, 9.17) is 0 Å². The SMILES string of the molecule is CCC.Cc1ccc2c(n1)CCCC2. The minimum Gasteiger partial charge on any atom is -0.258 e. The van der Waals surface area contributed by atoms with Crippen LogP contribution in [0.1, 0.15) is 50.1 Å². The second-order valence-electron chi connectivity index (χ2n) is 3.97. The van der Waals surface area contributed by atoms with Crippen molar-refractivity contribution in [1.82, 2.24) is 4.98 Å². The number of nitrogens with zero attached hydrogens (tertiary/aromatic N) is 1. The molecule has 1 aliphatic rings. The lowest BCUT2D eigenvalue weighted by atomic mass is 9.96. The molecule has 14 heavy (non-hydrogen) atoms. The van der Waals surface area contributed by atoms with Gasteiger partial charge in [-0.15, -0.1) is 0 Å². The molecule has 78 valence electrons. The van der Waals surface area contributed by atoms with Crippen LogP contribution in [0.15, 0.2) is 12.1 Å². The third kappa shape index (κ3) is 3.13. The minimum atomic E-state index is 1.16. The molecule has 1 nitrogen and oxygen atoms in total. The lowest BCUT2D eigenvalue weighted by molar-refractivity contribution is 0.665. The van der Waals surface area contributed by atoms with Gasteiger partial charge in [-0.3, -0.25) is 4.98 Å². The number of hydrogen-bond donors (Lipinski definition) is 0. The highest BCUT2D eigenvalue weighted by Gasteiger charge is 2.09. The summed E-state index contributed by atoms with van der Waals surface area (Å²) in [7, 11) is 0. The van der Waals surface area contributed by atoms with Crippen molar-refractivity contribution in [3.8, 4) is 0 Å². The Morgan fingerprint density at radius 1 is 1.14 bits per heavy atom. The van der Waals surface area contributed by atoms with Gasteiger partial charge in [-0.25, -0.2) is 0 Å². The van der Waals surface area contributed by atoms with Crippen molar-refractivity contribution in [3.05, 3.63) is 29.1 Å². The van der Waals surface area contributed by atoms with E-state index in [9.17, 15) is 0 Å². The topological polar surface area (TPSA) is 12.9 Å². The molecule has 0 radical (unpaired) electrons. The number of fused-ring (bicyclic) bond motifs is 1. The molecule has 0 amide bonds. The quantitative estimate of drug-likeness (QED) is 0.609. The van der Waals surface area contributed by atoms with Crippen LogP contribution in [0.25, 0.3) is 0 Å². The molecule has 0 N–H and O–H groups in total. The highest BCUT2D eigenvalue weighted by Crippen LogP contribution is 2.18. The van der Waals surface area contributed by atoms with Crippen molar-refractivity contribution in [2.24, 2.45) is 0 Å². The van der Waals surface area contributed by atoms with Gasteiger partial charge in [0.25, 0.3) is 0 Å². The van der Waals surface area contributed by atoms with Gasteiger partial charge in [0, 0.05) is 11.4 Å². The number of pyridine rings is 1. The van der Waals surface area contributed by atoms with Crippen molar-refractivity contribution >= 4 is 0 Å². The highest BCUT2D eigenvalue weighted by molar-refractivity contribution is 5.24. The van der Waals surface area contributed by atoms with E-state index in [1.807, 2.05) is 0 Å². The average Bonchev–Trinajstić information content (AvgIpc) is 2.19. The van der Waals surface area contributed by atoms with Crippen LogP contribution < -0.4 is 0 Å². The molecule has 0 saturated carbocycles. The van der Waals surface area contributed by atoms with Crippen LogP contribution in [0.5, 0.6) is 0 Å². The minimum absolute atomic E-state index is 1.16. The van der Waals surface area contributed by atoms with Gasteiger partial charge in [0.1, 0.15) is 0 Å². The number of rotatable bonds is 0. The molecule has 0 bridgehead atoms. The molecule has 1 aromatic rings. The standard InChI is InChI=1S/C10H13N.C3H8/c1-8-6-7-9-4-2-3-5-10(9)11-8;1-3-2/h6-7H,2-5H2,1H3;3H2,1-2H3. The Hall–Kier alpha value is -0.850. The van der Waals surface area contributed by atoms with Crippen LogP contribution >= 0.6 is 0 Å². The van der Waals surface area contributed by atoms with Gasteiger partial charge < -0.3 is 0 Å². The van der Waals surface area contributed by atoms with E-state index < -0.39 is 0 Å². The Kier molecular flexibility index (Phi) is 4.64. The first kappa shape index (κ1) is 11.2. The van der Waals surface area contributed by atoms with Crippen LogP contribution in [-0.2, 0) is 12.8 Å². The van der Waals surface area contributed by atoms with E-state index >= 15 is 0 Å². The maximum Gasteiger partial charge on any atom is 0.0438 e. The van der Waals surface area contributed by atoms with E-state index in [1.165, 1.54) is 43.4 Å². The molecule has 0 aromatic carbocycles. The van der Waals surface area contributed by atoms with E-state index in [0.29, 0.717) is 0 Å². The van der Waals surface area contributed by atoms with E-state index in [1.54, 1.807) is 0 Å². The van der Waals surface area contributed by atoms with Crippen LogP contribution in [0.3, 0.4) is 0 Å². The van der Waals surface area contributed by atoms with Crippen molar-refractivity contribution < 1.29 is 0 Å². The third-order valence-corrected chi connectivity index (χ3v) is 2.32. The van der Waals surface area contributed by atoms with Gasteiger partial charge >= 0.3 is 0 Å². The van der Waals surface area contributed by atoms with Gasteiger partial charge in [-0.2, -0.15) is 0 Å². The molecule has 1 heterocycles. The normalized spacial score (nSPS) is 13.9. The molecule has 0 unspecified atom stereocenters. The summed E-state index contributed by atoms with van der Waals surface area (Å²) in [5, 5.41) is 0. The maximum absolute atomic E-state index is 4.51. The van der Waals surface area contributed by atoms with Crippen molar-refractivity contribution in [2.75, 3.05) is 0 Å². The average molecular weight is 191 g/mol. The van der Waals surface area contributed by atoms with E-state index in [0.717, 1.165) is 5.69 Å². The summed E-state index contributed by atoms with van der Waals surface area (Å²) in [5.41, 5.74) is 3.98. The zero-order chi connectivity index (χ0) is 10.4. The largest absolute Gasteiger partial charge is 0.258 e. The first-order valence-electron chi connectivity index (χ1n) is 5.73. The summed E-state index contributed by atoms with van der Waals surface area (Å²) >= 11 is 0. The maximum atomic E-state index is 4.51. The molecule has 1 aliphatic carbocycles. The zero-order valence-corrected chi connectivity index (χ0v) is 9.64. The third-order valence-electron chi connectivity index (χ3n) is 2.32. The number of hydrogen-bond acceptors (Lipinski definition) is 1. The lowest BCUT2D eigenvalue weighted by Gasteiger charge is -2.14. The monoisotopic (exact) mass is 191 g/mol. The summed E-state index contributed by atoms with van der Waals surface area (Å²) in [6.45, 7) is 6.31. The summed E-state index contributed by atoms with van der Waals surface area (Å²) < 4.78 is 0. The summed E-state index contributed by atoms with van der Waals surface area (Å²) in [6.07, 6.45) is 6.35. The highest BCUT2D eigenvalue weighted by atomic mass is 14.7. The summed E-state index contributed by atoms with van der Waals surface area (Å²) in [5.74, 6) is 0. The van der Waals surface area contributed by atoms with Crippen molar-refractivity contribution in [2.45, 2.75) is 52.9 Å². The van der Waals surface area contributed by atoms with Gasteiger partial charge in [-0.05, 0) is 44.2 Å². The number of aromatic nitrogens is 1. The number of aryl methyl sites for hydroxylation is 3. The molecule has 0 fully saturated rings. The van der Waals surface area contributed by atoms with Gasteiger partial charge in [0.05, 0.1) is 0 Å². The van der Waals surface area contributed by atoms with Crippen LogP contribution in [0.2, 0.25) is 0 Å². The fraction of sp³-hybridized carbons (Fsp3) is 0.615. The second kappa shape index (κ2) is 5.79. The van der Waals surface area contributed by atoms with E-state index in [2.05, 4.69) is 37.9 Å². The zero-order valence-electron chi connectivity index (χ0n) is 9.64. The molecule has 0 aliphatic heterocycles. The molecule has 0 spiro atoms. The lowest BCUT2D eigenvalue weighted by Crippen LogP contribution is -2.05. The van der Waals surface area contributed by atoms with Gasteiger partial charge in [0.15, 0.2) is 0 Å². The summed E-state index contributed by atoms with van der Waals surface area (Å²) in [4.78, 5) is 4.51. The molecular formula is C13H21N. The van der Waals surface area contributed by atoms with Crippen LogP contribution in [0.4, 0.5) is 0 Å². The van der Waals surface area contributed by atoms with E-state index in [-0.39, 0.29) is 0 Å². The van der Waals surface area contributed by atoms with Gasteiger partial charge in [-0.1, -0.05) is 26.3 Å². The molecule has 1 heteroatoms. The van der Waals surface area contributed by atoms with Crippen LogP contribution in [0, 0.1) is 6.92 Å². The molecule has 2 rings (SSSR count). The fourth-order valence-electron chi connectivity index (χ4n) is 1.69. The van der Waals surface area contributed by atoms with Crippen molar-refractivity contribution in [1.29, 1.82) is 0 Å². The molecule has 0 atom stereocenters. The Balaban J connectivity index is 0.000000293. The van der Waals surface area contributed by atoms with Gasteiger partial charge in [0.2, 0.25) is 0 Å². The van der Waals surface area contributed by atoms with Crippen LogP contribution in [-0.4, -0.2) is 4.98 Å². The fourth-order valence-corrected chi connectivity index (χ4v) is 1.69. The van der Waals surface area contributed by atoms with Crippen molar-refractivity contribution in [3.63, 3.8) is 0 Å². The first-order valence-corrected chi connectivity index (χ1v) is 5.73. The molecule has 1 aromatic heterocycles. The Labute approximate surface area is 87.6 Å². The molecular weight excluding hydrogens is 170 g/mol. The summed E-state index contributed by atoms with van der Waals surface area (Å²) in [6, 6.07) is 4.35. The predicted octanol–water partition coefficient (Wildman–Crippen LogP) is 3.69. The Morgan fingerprint density at radius 2 is 1.79 bits per heavy atom. The Bertz CT molecular complexity index is 279. The predicted molar refractivity (Wildman–Crippen MR) is 61.6 cm³/mol. The Morgan fingerprint density at radius 3 is 2.50 bits per heavy atom. The molecule has 0 saturated heterocycles. The smallest absolute Gasteiger partial charge is 0.0438 e.